The third kappa shape index (κ3) is 6.80. The lowest BCUT2D eigenvalue weighted by atomic mass is 9.74. The summed E-state index contributed by atoms with van der Waals surface area (Å²) >= 11 is 0. The highest BCUT2D eigenvalue weighted by Gasteiger charge is 2.34. The van der Waals surface area contributed by atoms with E-state index in [1.54, 1.807) is 6.20 Å². The number of guanidine groups is 1. The number of benzene rings is 2. The first-order valence-electron chi connectivity index (χ1n) is 11.5. The highest BCUT2D eigenvalue weighted by molar-refractivity contribution is 14.0. The maximum absolute atomic E-state index is 5.66. The molecule has 176 valence electrons. The van der Waals surface area contributed by atoms with Crippen molar-refractivity contribution < 1.29 is 4.74 Å². The molecule has 2 N–H and O–H groups in total. The SMILES string of the molecule is CCNC(=NCC1(c2ccccc2)CCOCC1)NCCc1ccc(-n2cccn2)cc1.I. The van der Waals surface area contributed by atoms with E-state index in [2.05, 4.69) is 77.3 Å². The Bertz CT molecular complexity index is 968. The Kier molecular flexibility index (Phi) is 9.75. The van der Waals surface area contributed by atoms with Crippen molar-refractivity contribution in [3.8, 4) is 5.69 Å². The summed E-state index contributed by atoms with van der Waals surface area (Å²) in [5.74, 6) is 0.877. The number of halogens is 1. The van der Waals surface area contributed by atoms with Crippen LogP contribution < -0.4 is 10.6 Å². The number of aliphatic imine (C=N–C) groups is 1. The second kappa shape index (κ2) is 12.7. The quantitative estimate of drug-likeness (QED) is 0.245. The highest BCUT2D eigenvalue weighted by Crippen LogP contribution is 2.35. The summed E-state index contributed by atoms with van der Waals surface area (Å²) in [6, 6.07) is 21.3. The lowest BCUT2D eigenvalue weighted by Gasteiger charge is -2.36. The fourth-order valence-electron chi connectivity index (χ4n) is 4.23. The van der Waals surface area contributed by atoms with Gasteiger partial charge in [-0.3, -0.25) is 4.99 Å². The molecular formula is C26H34IN5O. The second-order valence-corrected chi connectivity index (χ2v) is 8.25. The van der Waals surface area contributed by atoms with Gasteiger partial charge in [0.25, 0.3) is 0 Å². The predicted octanol–water partition coefficient (Wildman–Crippen LogP) is 4.34. The number of ether oxygens (including phenoxy) is 1. The van der Waals surface area contributed by atoms with Crippen LogP contribution in [0.5, 0.6) is 0 Å². The van der Waals surface area contributed by atoms with E-state index in [1.807, 2.05) is 16.9 Å². The molecule has 0 spiro atoms. The van der Waals surface area contributed by atoms with Crippen LogP contribution in [-0.4, -0.2) is 48.6 Å². The molecule has 3 aromatic rings. The zero-order valence-corrected chi connectivity index (χ0v) is 21.6. The summed E-state index contributed by atoms with van der Waals surface area (Å²) in [5, 5.41) is 11.2. The summed E-state index contributed by atoms with van der Waals surface area (Å²) in [4.78, 5) is 4.99. The van der Waals surface area contributed by atoms with Gasteiger partial charge in [-0.25, -0.2) is 4.68 Å². The van der Waals surface area contributed by atoms with Gasteiger partial charge in [-0.05, 0) is 55.5 Å². The van der Waals surface area contributed by atoms with E-state index in [4.69, 9.17) is 9.73 Å². The third-order valence-corrected chi connectivity index (χ3v) is 6.13. The Hall–Kier alpha value is -2.39. The molecular weight excluding hydrogens is 525 g/mol. The summed E-state index contributed by atoms with van der Waals surface area (Å²) in [6.45, 7) is 6.12. The summed E-state index contributed by atoms with van der Waals surface area (Å²) in [5.41, 5.74) is 3.77. The molecule has 1 fully saturated rings. The van der Waals surface area contributed by atoms with Crippen molar-refractivity contribution in [2.24, 2.45) is 4.99 Å². The van der Waals surface area contributed by atoms with E-state index in [1.165, 1.54) is 11.1 Å². The lowest BCUT2D eigenvalue weighted by Crippen LogP contribution is -2.41. The number of hydrogen-bond acceptors (Lipinski definition) is 3. The van der Waals surface area contributed by atoms with Gasteiger partial charge in [-0.15, -0.1) is 24.0 Å². The van der Waals surface area contributed by atoms with Crippen molar-refractivity contribution in [3.63, 3.8) is 0 Å². The molecule has 0 bridgehead atoms. The highest BCUT2D eigenvalue weighted by atomic mass is 127. The van der Waals surface area contributed by atoms with Crippen molar-refractivity contribution in [3.05, 3.63) is 84.2 Å². The van der Waals surface area contributed by atoms with Crippen LogP contribution in [0.15, 0.2) is 78.0 Å². The van der Waals surface area contributed by atoms with Gasteiger partial charge in [0.2, 0.25) is 0 Å². The van der Waals surface area contributed by atoms with Gasteiger partial charge in [-0.1, -0.05) is 42.5 Å². The van der Waals surface area contributed by atoms with Crippen molar-refractivity contribution in [1.29, 1.82) is 0 Å². The smallest absolute Gasteiger partial charge is 0.191 e. The molecule has 1 saturated heterocycles. The van der Waals surface area contributed by atoms with E-state index in [0.29, 0.717) is 0 Å². The van der Waals surface area contributed by atoms with Gasteiger partial charge < -0.3 is 15.4 Å². The van der Waals surface area contributed by atoms with Crippen LogP contribution in [0.25, 0.3) is 5.69 Å². The molecule has 0 aliphatic carbocycles. The van der Waals surface area contributed by atoms with E-state index >= 15 is 0 Å². The van der Waals surface area contributed by atoms with E-state index in [0.717, 1.165) is 63.8 Å². The molecule has 4 rings (SSSR count). The predicted molar refractivity (Wildman–Crippen MR) is 145 cm³/mol. The molecule has 1 aliphatic heterocycles. The topological polar surface area (TPSA) is 63.5 Å². The maximum atomic E-state index is 5.66. The molecule has 1 aromatic heterocycles. The molecule has 0 amide bonds. The zero-order chi connectivity index (χ0) is 22.1. The van der Waals surface area contributed by atoms with Crippen LogP contribution in [0.4, 0.5) is 0 Å². The van der Waals surface area contributed by atoms with Crippen LogP contribution >= 0.6 is 24.0 Å². The Morgan fingerprint density at radius 3 is 2.45 bits per heavy atom. The molecule has 33 heavy (non-hydrogen) atoms. The van der Waals surface area contributed by atoms with Crippen LogP contribution in [0.3, 0.4) is 0 Å². The monoisotopic (exact) mass is 559 g/mol. The Labute approximate surface area is 213 Å². The first-order valence-corrected chi connectivity index (χ1v) is 11.5. The first kappa shape index (κ1) is 25.2. The minimum Gasteiger partial charge on any atom is -0.381 e. The van der Waals surface area contributed by atoms with Crippen molar-refractivity contribution >= 4 is 29.9 Å². The van der Waals surface area contributed by atoms with Crippen molar-refractivity contribution in [1.82, 2.24) is 20.4 Å². The standard InChI is InChI=1S/C26H33N5O.HI/c1-2-27-25(28-17-13-22-9-11-24(12-10-22)31-18-6-16-30-31)29-21-26(14-19-32-20-15-26)23-7-4-3-5-8-23;/h3-12,16,18H,2,13-15,17,19-21H2,1H3,(H2,27,28,29);1H. The Morgan fingerprint density at radius 1 is 1.03 bits per heavy atom. The Morgan fingerprint density at radius 2 is 1.79 bits per heavy atom. The molecule has 2 aromatic carbocycles. The fourth-order valence-corrected chi connectivity index (χ4v) is 4.23. The zero-order valence-electron chi connectivity index (χ0n) is 19.2. The normalized spacial score (nSPS) is 15.5. The molecule has 6 nitrogen and oxygen atoms in total. The first-order chi connectivity index (χ1) is 15.8. The summed E-state index contributed by atoms with van der Waals surface area (Å²) < 4.78 is 7.53. The molecule has 7 heteroatoms. The van der Waals surface area contributed by atoms with Crippen LogP contribution in [0, 0.1) is 0 Å². The van der Waals surface area contributed by atoms with E-state index < -0.39 is 0 Å². The van der Waals surface area contributed by atoms with Gasteiger partial charge in [-0.2, -0.15) is 5.10 Å². The number of nitrogens with zero attached hydrogens (tertiary/aromatic N) is 3. The second-order valence-electron chi connectivity index (χ2n) is 8.25. The van der Waals surface area contributed by atoms with E-state index in [9.17, 15) is 0 Å². The number of nitrogens with one attached hydrogen (secondary N) is 2. The van der Waals surface area contributed by atoms with Crippen LogP contribution in [0.1, 0.15) is 30.9 Å². The maximum Gasteiger partial charge on any atom is 0.191 e. The molecule has 0 atom stereocenters. The minimum atomic E-state index is 0. The largest absolute Gasteiger partial charge is 0.381 e. The molecule has 2 heterocycles. The van der Waals surface area contributed by atoms with E-state index in [-0.39, 0.29) is 29.4 Å². The third-order valence-electron chi connectivity index (χ3n) is 6.13. The molecule has 0 unspecified atom stereocenters. The van der Waals surface area contributed by atoms with Gasteiger partial charge in [0, 0.05) is 44.1 Å². The molecule has 0 saturated carbocycles. The van der Waals surface area contributed by atoms with Gasteiger partial charge in [0.1, 0.15) is 0 Å². The number of aromatic nitrogens is 2. The van der Waals surface area contributed by atoms with Crippen LogP contribution in [-0.2, 0) is 16.6 Å². The molecule has 1 aliphatic rings. The lowest BCUT2D eigenvalue weighted by molar-refractivity contribution is 0.0531. The number of rotatable bonds is 8. The van der Waals surface area contributed by atoms with Gasteiger partial charge >= 0.3 is 0 Å². The Balaban J connectivity index is 0.00000306. The average Bonchev–Trinajstić information content (AvgIpc) is 3.39. The number of hydrogen-bond donors (Lipinski definition) is 2. The van der Waals surface area contributed by atoms with Crippen molar-refractivity contribution in [2.45, 2.75) is 31.6 Å². The summed E-state index contributed by atoms with van der Waals surface area (Å²) in [7, 11) is 0. The minimum absolute atomic E-state index is 0. The molecule has 0 radical (unpaired) electrons. The van der Waals surface area contributed by atoms with Gasteiger partial charge in [0.05, 0.1) is 12.2 Å². The fraction of sp³-hybridized carbons (Fsp3) is 0.385. The van der Waals surface area contributed by atoms with Crippen molar-refractivity contribution in [2.75, 3.05) is 32.8 Å². The average molecular weight is 559 g/mol. The summed E-state index contributed by atoms with van der Waals surface area (Å²) in [6.07, 6.45) is 6.69. The van der Waals surface area contributed by atoms with Crippen LogP contribution in [0.2, 0.25) is 0 Å². The van der Waals surface area contributed by atoms with Gasteiger partial charge in [0.15, 0.2) is 5.96 Å².